The third-order valence-corrected chi connectivity index (χ3v) is 7.99. The Balaban J connectivity index is 1.38. The van der Waals surface area contributed by atoms with Crippen LogP contribution in [0.25, 0.3) is 10.9 Å². The SMILES string of the molecule is COc1ccccc1OCC(=O)N=Nc1c(O)n(CN2C[C@]3(C)C[C@H]2CC(C)(C)C3)c2ccc(Br)cc12. The normalized spacial score (nSPS) is 23.1. The highest BCUT2D eigenvalue weighted by molar-refractivity contribution is 9.10. The summed E-state index contributed by atoms with van der Waals surface area (Å²) >= 11 is 3.52. The van der Waals surface area contributed by atoms with Gasteiger partial charge in [0, 0.05) is 22.4 Å². The Morgan fingerprint density at radius 1 is 1.16 bits per heavy atom. The molecule has 3 aromatic rings. The molecule has 2 fully saturated rings. The Hall–Kier alpha value is -2.91. The summed E-state index contributed by atoms with van der Waals surface area (Å²) in [5.74, 6) is 0.414. The largest absolute Gasteiger partial charge is 0.493 e. The Morgan fingerprint density at radius 3 is 2.68 bits per heavy atom. The van der Waals surface area contributed by atoms with E-state index < -0.39 is 5.91 Å². The number of nitrogens with zero attached hydrogens (tertiary/aromatic N) is 4. The topological polar surface area (TPSA) is 88.6 Å². The highest BCUT2D eigenvalue weighted by atomic mass is 79.9. The van der Waals surface area contributed by atoms with E-state index in [2.05, 4.69) is 51.8 Å². The van der Waals surface area contributed by atoms with Crippen LogP contribution >= 0.6 is 15.9 Å². The van der Waals surface area contributed by atoms with Crippen LogP contribution in [0.5, 0.6) is 17.4 Å². The quantitative estimate of drug-likeness (QED) is 0.321. The number of likely N-dealkylation sites (tertiary alicyclic amines) is 1. The fourth-order valence-corrected chi connectivity index (χ4v) is 6.83. The molecule has 2 aromatic carbocycles. The van der Waals surface area contributed by atoms with Gasteiger partial charge in [-0.3, -0.25) is 14.3 Å². The minimum atomic E-state index is -0.565. The van der Waals surface area contributed by atoms with Gasteiger partial charge in [0.25, 0.3) is 0 Å². The number of methoxy groups -OCH3 is 1. The lowest BCUT2D eigenvalue weighted by atomic mass is 9.65. The summed E-state index contributed by atoms with van der Waals surface area (Å²) in [6.07, 6.45) is 3.52. The van der Waals surface area contributed by atoms with Crippen LogP contribution in [0, 0.1) is 10.8 Å². The first kappa shape index (κ1) is 25.7. The lowest BCUT2D eigenvalue weighted by Crippen LogP contribution is -2.35. The number of aromatic nitrogens is 1. The summed E-state index contributed by atoms with van der Waals surface area (Å²) in [6, 6.07) is 13.3. The lowest BCUT2D eigenvalue weighted by molar-refractivity contribution is -0.120. The molecule has 8 nitrogen and oxygen atoms in total. The van der Waals surface area contributed by atoms with E-state index in [1.165, 1.54) is 20.0 Å². The van der Waals surface area contributed by atoms with E-state index in [0.717, 1.165) is 28.3 Å². The molecule has 0 radical (unpaired) electrons. The van der Waals surface area contributed by atoms with Gasteiger partial charge in [0.1, 0.15) is 0 Å². The number of carbonyl (C=O) groups is 1. The van der Waals surface area contributed by atoms with Crippen molar-refractivity contribution in [3.63, 3.8) is 0 Å². The van der Waals surface area contributed by atoms with Crippen LogP contribution in [0.2, 0.25) is 0 Å². The number of hydrogen-bond acceptors (Lipinski definition) is 6. The van der Waals surface area contributed by atoms with Crippen molar-refractivity contribution in [1.82, 2.24) is 9.47 Å². The van der Waals surface area contributed by atoms with Crippen molar-refractivity contribution in [1.29, 1.82) is 0 Å². The molecule has 2 atom stereocenters. The number of halogens is 1. The molecule has 0 spiro atoms. The van der Waals surface area contributed by atoms with E-state index in [4.69, 9.17) is 9.47 Å². The van der Waals surface area contributed by atoms with E-state index in [1.54, 1.807) is 18.2 Å². The van der Waals surface area contributed by atoms with Gasteiger partial charge >= 0.3 is 5.91 Å². The molecule has 1 N–H and O–H groups in total. The fourth-order valence-electron chi connectivity index (χ4n) is 6.47. The van der Waals surface area contributed by atoms with E-state index in [-0.39, 0.29) is 23.6 Å². The first-order valence-electron chi connectivity index (χ1n) is 12.5. The molecule has 9 heteroatoms. The summed E-state index contributed by atoms with van der Waals surface area (Å²) in [4.78, 5) is 15.0. The standard InChI is InChI=1S/C28H33BrN4O4/c1-27(2)12-19-13-28(3,15-27)16-32(19)17-33-21-10-9-18(29)11-20(21)25(26(33)35)31-30-24(34)14-37-23-8-6-5-7-22(23)36-4/h5-11,19,35H,12-17H2,1-4H3/t19-,28-/m1/s1. The van der Waals surface area contributed by atoms with Gasteiger partial charge in [0.2, 0.25) is 5.88 Å². The van der Waals surface area contributed by atoms with Gasteiger partial charge in [0.15, 0.2) is 23.8 Å². The van der Waals surface area contributed by atoms with Crippen LogP contribution in [0.1, 0.15) is 40.0 Å². The second-order valence-corrected chi connectivity index (χ2v) is 12.3. The molecule has 1 aliphatic heterocycles. The second-order valence-electron chi connectivity index (χ2n) is 11.4. The number of hydrogen-bond donors (Lipinski definition) is 1. The number of para-hydroxylation sites is 2. The van der Waals surface area contributed by atoms with Gasteiger partial charge in [-0.05, 0) is 60.4 Å². The van der Waals surface area contributed by atoms with Gasteiger partial charge in [0.05, 0.1) is 19.3 Å². The summed E-state index contributed by atoms with van der Waals surface area (Å²) in [5.41, 5.74) is 1.71. The van der Waals surface area contributed by atoms with Crippen molar-refractivity contribution in [3.05, 3.63) is 46.9 Å². The molecular formula is C28H33BrN4O4. The average Bonchev–Trinajstić information content (AvgIpc) is 3.23. The number of benzene rings is 2. The molecule has 2 heterocycles. The van der Waals surface area contributed by atoms with Gasteiger partial charge in [-0.1, -0.05) is 48.8 Å². The van der Waals surface area contributed by atoms with E-state index in [1.807, 2.05) is 28.8 Å². The highest BCUT2D eigenvalue weighted by Gasteiger charge is 2.49. The zero-order valence-electron chi connectivity index (χ0n) is 21.7. The Morgan fingerprint density at radius 2 is 1.92 bits per heavy atom. The predicted molar refractivity (Wildman–Crippen MR) is 146 cm³/mol. The van der Waals surface area contributed by atoms with Crippen LogP contribution in [-0.2, 0) is 11.5 Å². The van der Waals surface area contributed by atoms with Gasteiger partial charge in [-0.25, -0.2) is 0 Å². The fraction of sp³-hybridized carbons (Fsp3) is 0.464. The van der Waals surface area contributed by atoms with Gasteiger partial charge < -0.3 is 14.6 Å². The summed E-state index contributed by atoms with van der Waals surface area (Å²) < 4.78 is 13.5. The van der Waals surface area contributed by atoms with Gasteiger partial charge in [-0.15, -0.1) is 10.2 Å². The summed E-state index contributed by atoms with van der Waals surface area (Å²) in [5, 5.41) is 20.0. The van der Waals surface area contributed by atoms with Crippen molar-refractivity contribution in [3.8, 4) is 17.4 Å². The number of amides is 1. The smallest absolute Gasteiger partial charge is 0.302 e. The number of ether oxygens (including phenoxy) is 2. The minimum absolute atomic E-state index is 0.00107. The number of fused-ring (bicyclic) bond motifs is 3. The van der Waals surface area contributed by atoms with Crippen LogP contribution < -0.4 is 9.47 Å². The number of rotatable bonds is 7. The molecule has 1 aliphatic carbocycles. The van der Waals surface area contributed by atoms with Crippen molar-refractivity contribution in [2.75, 3.05) is 20.3 Å². The number of azo groups is 1. The zero-order valence-corrected chi connectivity index (χ0v) is 23.3. The predicted octanol–water partition coefficient (Wildman–Crippen LogP) is 6.67. The molecule has 1 saturated heterocycles. The molecule has 196 valence electrons. The maximum atomic E-state index is 12.5. The summed E-state index contributed by atoms with van der Waals surface area (Å²) in [6.45, 7) is 8.34. The van der Waals surface area contributed by atoms with Gasteiger partial charge in [-0.2, -0.15) is 0 Å². The zero-order chi connectivity index (χ0) is 26.4. The molecule has 2 bridgehead atoms. The van der Waals surface area contributed by atoms with Crippen LogP contribution in [-0.4, -0.2) is 46.8 Å². The molecule has 5 rings (SSSR count). The molecule has 1 amide bonds. The average molecular weight is 570 g/mol. The lowest BCUT2D eigenvalue weighted by Gasteiger charge is -2.40. The summed E-state index contributed by atoms with van der Waals surface area (Å²) in [7, 11) is 1.54. The van der Waals surface area contributed by atoms with Crippen LogP contribution in [0.4, 0.5) is 5.69 Å². The molecule has 1 saturated carbocycles. The maximum absolute atomic E-state index is 12.5. The third-order valence-electron chi connectivity index (χ3n) is 7.50. The second kappa shape index (κ2) is 9.76. The molecule has 0 unspecified atom stereocenters. The van der Waals surface area contributed by atoms with Crippen LogP contribution in [0.3, 0.4) is 0 Å². The Labute approximate surface area is 225 Å². The first-order valence-corrected chi connectivity index (χ1v) is 13.3. The molecule has 37 heavy (non-hydrogen) atoms. The minimum Gasteiger partial charge on any atom is -0.493 e. The third kappa shape index (κ3) is 5.25. The van der Waals surface area contributed by atoms with Crippen molar-refractivity contribution < 1.29 is 19.4 Å². The number of carbonyl (C=O) groups excluding carboxylic acids is 1. The monoisotopic (exact) mass is 568 g/mol. The highest BCUT2D eigenvalue weighted by Crippen LogP contribution is 2.53. The molecular weight excluding hydrogens is 536 g/mol. The van der Waals surface area contributed by atoms with E-state index in [9.17, 15) is 9.90 Å². The van der Waals surface area contributed by atoms with E-state index >= 15 is 0 Å². The van der Waals surface area contributed by atoms with E-state index in [0.29, 0.717) is 29.6 Å². The Bertz CT molecular complexity index is 1370. The maximum Gasteiger partial charge on any atom is 0.302 e. The van der Waals surface area contributed by atoms with Crippen molar-refractivity contribution in [2.45, 2.75) is 52.7 Å². The molecule has 2 aliphatic rings. The van der Waals surface area contributed by atoms with Crippen molar-refractivity contribution >= 4 is 38.4 Å². The van der Waals surface area contributed by atoms with Crippen LogP contribution in [0.15, 0.2) is 57.2 Å². The van der Waals surface area contributed by atoms with Crippen molar-refractivity contribution in [2.24, 2.45) is 21.1 Å². The Kier molecular flexibility index (Phi) is 6.79. The first-order chi connectivity index (χ1) is 17.6. The number of aromatic hydroxyl groups is 1. The molecule has 1 aromatic heterocycles.